The van der Waals surface area contributed by atoms with Crippen molar-refractivity contribution >= 4 is 44.2 Å². The number of pyridine rings is 1. The van der Waals surface area contributed by atoms with Crippen molar-refractivity contribution in [1.29, 1.82) is 0 Å². The van der Waals surface area contributed by atoms with Crippen molar-refractivity contribution < 1.29 is 27.8 Å². The van der Waals surface area contributed by atoms with Crippen LogP contribution in [0.25, 0.3) is 28.1 Å². The minimum absolute atomic E-state index is 0.229. The predicted octanol–water partition coefficient (Wildman–Crippen LogP) is 6.65. The molecule has 0 radical (unpaired) electrons. The number of hydrogen-bond acceptors (Lipinski definition) is 7. The number of sulfone groups is 1. The van der Waals surface area contributed by atoms with Gasteiger partial charge in [-0.1, -0.05) is 18.2 Å². The fourth-order valence-electron chi connectivity index (χ4n) is 6.04. The van der Waals surface area contributed by atoms with Crippen LogP contribution in [0.3, 0.4) is 0 Å². The lowest BCUT2D eigenvalue weighted by Crippen LogP contribution is -2.29. The maximum Gasteiger partial charge on any atom is 0.337 e. The number of fused-ring (bicyclic) bond motifs is 1. The number of carboxylic acid groups (broad SMARTS) is 1. The topological polar surface area (TPSA) is 106 Å². The van der Waals surface area contributed by atoms with Gasteiger partial charge in [-0.25, -0.2) is 13.2 Å². The number of anilines is 2. The number of hydrogen-bond donors (Lipinski definition) is 1. The monoisotopic (exact) mass is 598 g/mol. The summed E-state index contributed by atoms with van der Waals surface area (Å²) in [7, 11) is -3.42. The molecule has 1 N–H and O–H groups in total. The average molecular weight is 599 g/mol. The third kappa shape index (κ3) is 5.28. The van der Waals surface area contributed by atoms with Crippen molar-refractivity contribution in [1.82, 2.24) is 4.98 Å². The molecule has 0 unspecified atom stereocenters. The van der Waals surface area contributed by atoms with Gasteiger partial charge >= 0.3 is 5.97 Å². The maximum atomic E-state index is 12.9. The zero-order chi connectivity index (χ0) is 30.7. The molecule has 0 aliphatic carbocycles. The van der Waals surface area contributed by atoms with Gasteiger partial charge in [-0.2, -0.15) is 0 Å². The first-order chi connectivity index (χ1) is 20.3. The number of carbonyl (C=O) groups is 1. The molecule has 1 atom stereocenters. The minimum atomic E-state index is -3.42. The molecule has 2 aliphatic heterocycles. The summed E-state index contributed by atoms with van der Waals surface area (Å²) in [6.45, 7) is 8.51. The minimum Gasteiger partial charge on any atom is -0.493 e. The normalized spacial score (nSPS) is 15.2. The molecule has 6 rings (SSSR count). The van der Waals surface area contributed by atoms with E-state index in [0.717, 1.165) is 56.7 Å². The van der Waals surface area contributed by atoms with Gasteiger partial charge in [0.2, 0.25) is 0 Å². The first-order valence-electron chi connectivity index (χ1n) is 14.2. The van der Waals surface area contributed by atoms with Crippen molar-refractivity contribution in [3.05, 3.63) is 83.1 Å². The van der Waals surface area contributed by atoms with Gasteiger partial charge in [0.15, 0.2) is 15.9 Å². The van der Waals surface area contributed by atoms with Crippen molar-refractivity contribution in [3.8, 4) is 16.9 Å². The van der Waals surface area contributed by atoms with Crippen LogP contribution in [0.2, 0.25) is 0 Å². The fraction of sp³-hybridized carbons (Fsp3) is 0.294. The van der Waals surface area contributed by atoms with E-state index in [9.17, 15) is 18.3 Å². The third-order valence-corrected chi connectivity index (χ3v) is 8.92. The number of rotatable bonds is 6. The van der Waals surface area contributed by atoms with Gasteiger partial charge in [0.25, 0.3) is 0 Å². The average Bonchev–Trinajstić information content (AvgIpc) is 2.95. The Bertz CT molecular complexity index is 1910. The molecule has 0 spiro atoms. The number of nitrogens with zero attached hydrogens (tertiary/aromatic N) is 2. The molecule has 4 aromatic rings. The van der Waals surface area contributed by atoms with Gasteiger partial charge in [-0.15, -0.1) is 0 Å². The van der Waals surface area contributed by atoms with E-state index >= 15 is 0 Å². The number of ether oxygens (including phenoxy) is 2. The zero-order valence-electron chi connectivity index (χ0n) is 24.8. The van der Waals surface area contributed by atoms with Crippen LogP contribution in [0.4, 0.5) is 11.4 Å². The van der Waals surface area contributed by atoms with Crippen molar-refractivity contribution in [2.75, 3.05) is 24.3 Å². The lowest BCUT2D eigenvalue weighted by molar-refractivity contribution is -0.160. The molecule has 43 heavy (non-hydrogen) atoms. The quantitative estimate of drug-likeness (QED) is 0.263. The standard InChI is InChI=1S/C34H34N2O6S/c1-20-18-26-24(10-7-16-36(26)22-8-6-9-23(19-22)43(5,39)40)30(28(20)32(33(37)38)42-34(2,3)4)25-11-12-27-29-21(14-17-41-27)13-15-35-31(25)29/h6-13,15,18-19,32H,14,16-17H2,1-5H3,(H,37,38)/t32-/m0/s1. The van der Waals surface area contributed by atoms with Gasteiger partial charge in [-0.3, -0.25) is 4.98 Å². The molecule has 2 aliphatic rings. The molecular weight excluding hydrogens is 564 g/mol. The first kappa shape index (κ1) is 28.9. The van der Waals surface area contributed by atoms with Crippen LogP contribution >= 0.6 is 0 Å². The van der Waals surface area contributed by atoms with Crippen molar-refractivity contribution in [2.24, 2.45) is 0 Å². The smallest absolute Gasteiger partial charge is 0.337 e. The van der Waals surface area contributed by atoms with E-state index in [1.807, 2.05) is 75.1 Å². The molecule has 9 heteroatoms. The Morgan fingerprint density at radius 3 is 2.65 bits per heavy atom. The van der Waals surface area contributed by atoms with Crippen molar-refractivity contribution in [2.45, 2.75) is 50.7 Å². The van der Waals surface area contributed by atoms with Gasteiger partial charge in [0.1, 0.15) is 5.75 Å². The van der Waals surface area contributed by atoms with E-state index in [4.69, 9.17) is 14.5 Å². The fourth-order valence-corrected chi connectivity index (χ4v) is 6.70. The lowest BCUT2D eigenvalue weighted by Gasteiger charge is -2.34. The molecule has 1 aromatic heterocycles. The van der Waals surface area contributed by atoms with Crippen LogP contribution in [-0.4, -0.2) is 49.5 Å². The van der Waals surface area contributed by atoms with Gasteiger partial charge < -0.3 is 19.5 Å². The summed E-state index contributed by atoms with van der Waals surface area (Å²) in [5.41, 5.74) is 6.27. The number of aromatic nitrogens is 1. The molecular formula is C34H34N2O6S. The van der Waals surface area contributed by atoms with Gasteiger partial charge in [0.05, 0.1) is 22.6 Å². The summed E-state index contributed by atoms with van der Waals surface area (Å²) in [6.07, 6.45) is 6.49. The van der Waals surface area contributed by atoms with E-state index in [0.29, 0.717) is 24.3 Å². The van der Waals surface area contributed by atoms with E-state index in [-0.39, 0.29) is 4.90 Å². The second-order valence-electron chi connectivity index (χ2n) is 12.0. The Hall–Kier alpha value is -4.21. The second kappa shape index (κ2) is 10.5. The highest BCUT2D eigenvalue weighted by Crippen LogP contribution is 2.48. The van der Waals surface area contributed by atoms with E-state index in [1.165, 1.54) is 6.26 Å². The van der Waals surface area contributed by atoms with Crippen LogP contribution in [0.15, 0.2) is 65.7 Å². The Kier molecular flexibility index (Phi) is 7.06. The number of carboxylic acids is 1. The molecule has 0 amide bonds. The second-order valence-corrected chi connectivity index (χ2v) is 14.1. The molecule has 0 bridgehead atoms. The molecule has 0 saturated carbocycles. The molecule has 3 heterocycles. The number of benzene rings is 3. The maximum absolute atomic E-state index is 12.9. The summed E-state index contributed by atoms with van der Waals surface area (Å²) in [5, 5.41) is 11.5. The van der Waals surface area contributed by atoms with Gasteiger partial charge in [-0.05, 0) is 86.8 Å². The van der Waals surface area contributed by atoms with Crippen LogP contribution in [0.5, 0.6) is 5.75 Å². The Morgan fingerprint density at radius 2 is 1.93 bits per heavy atom. The highest BCUT2D eigenvalue weighted by Gasteiger charge is 2.34. The molecule has 0 saturated heterocycles. The molecule has 0 fully saturated rings. The molecule has 3 aromatic carbocycles. The predicted molar refractivity (Wildman–Crippen MR) is 168 cm³/mol. The highest BCUT2D eigenvalue weighted by molar-refractivity contribution is 7.90. The van der Waals surface area contributed by atoms with Gasteiger partial charge in [0, 0.05) is 58.9 Å². The first-order valence-corrected chi connectivity index (χ1v) is 16.1. The lowest BCUT2D eigenvalue weighted by atomic mass is 9.84. The summed E-state index contributed by atoms with van der Waals surface area (Å²) in [6, 6.07) is 14.7. The van der Waals surface area contributed by atoms with Crippen molar-refractivity contribution in [3.63, 3.8) is 0 Å². The van der Waals surface area contributed by atoms with Crippen LogP contribution in [-0.2, 0) is 25.8 Å². The van der Waals surface area contributed by atoms with E-state index in [2.05, 4.69) is 0 Å². The summed E-state index contributed by atoms with van der Waals surface area (Å²) < 4.78 is 37.0. The van der Waals surface area contributed by atoms with E-state index in [1.54, 1.807) is 24.4 Å². The van der Waals surface area contributed by atoms with E-state index < -0.39 is 27.5 Å². The molecule has 222 valence electrons. The summed E-state index contributed by atoms with van der Waals surface area (Å²) in [4.78, 5) is 20.0. The highest BCUT2D eigenvalue weighted by atomic mass is 32.2. The Balaban J connectivity index is 1.68. The Morgan fingerprint density at radius 1 is 1.14 bits per heavy atom. The van der Waals surface area contributed by atoms with Crippen LogP contribution < -0.4 is 9.64 Å². The number of aryl methyl sites for hydroxylation is 1. The Labute approximate surface area is 251 Å². The summed E-state index contributed by atoms with van der Waals surface area (Å²) >= 11 is 0. The summed E-state index contributed by atoms with van der Waals surface area (Å²) in [5.74, 6) is -0.331. The third-order valence-electron chi connectivity index (χ3n) is 7.81. The zero-order valence-corrected chi connectivity index (χ0v) is 25.7. The SMILES string of the molecule is Cc1cc2c(c(-c3ccc4c5c(ccnc35)CCO4)c1[C@H](OC(C)(C)C)C(=O)O)C=CCN2c1cccc(S(C)(=O)=O)c1. The molecule has 8 nitrogen and oxygen atoms in total. The number of aliphatic carboxylic acids is 1. The largest absolute Gasteiger partial charge is 0.493 e. The van der Waals surface area contributed by atoms with Crippen LogP contribution in [0.1, 0.15) is 49.1 Å². The van der Waals surface area contributed by atoms with Crippen LogP contribution in [0, 0.1) is 6.92 Å².